The Balaban J connectivity index is 2.21. The number of nitrogens with zero attached hydrogens (tertiary/aromatic N) is 2. The van der Waals surface area contributed by atoms with Gasteiger partial charge in [0.15, 0.2) is 0 Å². The van der Waals surface area contributed by atoms with E-state index < -0.39 is 11.8 Å². The molecule has 0 saturated heterocycles. The standard InChI is InChI=1S/C12H14N4O2/c1-7-14-9-4-3-8(5-10(9)15-7)6-16(2)12(18)11(13)17/h3-5H,6H2,1-2H3,(H2,13,17)(H,14,15). The van der Waals surface area contributed by atoms with Crippen LogP contribution in [0.4, 0.5) is 0 Å². The molecule has 2 rings (SSSR count). The molecule has 0 radical (unpaired) electrons. The Kier molecular flexibility index (Phi) is 3.01. The normalized spacial score (nSPS) is 10.6. The van der Waals surface area contributed by atoms with Crippen molar-refractivity contribution in [2.24, 2.45) is 5.73 Å². The first-order valence-corrected chi connectivity index (χ1v) is 5.47. The van der Waals surface area contributed by atoms with Crippen LogP contribution >= 0.6 is 0 Å². The van der Waals surface area contributed by atoms with Gasteiger partial charge in [0.2, 0.25) is 0 Å². The van der Waals surface area contributed by atoms with Crippen molar-refractivity contribution < 1.29 is 9.59 Å². The molecular weight excluding hydrogens is 232 g/mol. The summed E-state index contributed by atoms with van der Waals surface area (Å²) in [5, 5.41) is 0. The number of aromatic amines is 1. The Morgan fingerprint density at radius 2 is 2.17 bits per heavy atom. The second kappa shape index (κ2) is 4.48. The van der Waals surface area contributed by atoms with Gasteiger partial charge in [0.1, 0.15) is 5.82 Å². The van der Waals surface area contributed by atoms with Crippen molar-refractivity contribution in [1.29, 1.82) is 0 Å². The van der Waals surface area contributed by atoms with E-state index in [1.54, 1.807) is 0 Å². The van der Waals surface area contributed by atoms with Gasteiger partial charge in [-0.15, -0.1) is 0 Å². The fourth-order valence-corrected chi connectivity index (χ4v) is 1.82. The van der Waals surface area contributed by atoms with Crippen LogP contribution in [0, 0.1) is 6.92 Å². The van der Waals surface area contributed by atoms with E-state index in [1.165, 1.54) is 11.9 Å². The maximum Gasteiger partial charge on any atom is 0.311 e. The number of nitrogens with two attached hydrogens (primary N) is 1. The third-order valence-corrected chi connectivity index (χ3v) is 2.64. The van der Waals surface area contributed by atoms with E-state index in [-0.39, 0.29) is 0 Å². The fraction of sp³-hybridized carbons (Fsp3) is 0.250. The van der Waals surface area contributed by atoms with Gasteiger partial charge >= 0.3 is 11.8 Å². The Morgan fingerprint density at radius 3 is 2.83 bits per heavy atom. The molecule has 1 heterocycles. The summed E-state index contributed by atoms with van der Waals surface area (Å²) < 4.78 is 0. The molecule has 0 aliphatic rings. The second-order valence-electron chi connectivity index (χ2n) is 4.20. The van der Waals surface area contributed by atoms with Gasteiger partial charge in [-0.25, -0.2) is 4.98 Å². The van der Waals surface area contributed by atoms with Crippen LogP contribution in [0.15, 0.2) is 18.2 Å². The first-order valence-electron chi connectivity index (χ1n) is 5.47. The molecule has 0 unspecified atom stereocenters. The molecule has 0 bridgehead atoms. The summed E-state index contributed by atoms with van der Waals surface area (Å²) in [7, 11) is 1.54. The van der Waals surface area contributed by atoms with Crippen LogP contribution in [0.25, 0.3) is 11.0 Å². The predicted molar refractivity (Wildman–Crippen MR) is 66.5 cm³/mol. The van der Waals surface area contributed by atoms with Gasteiger partial charge in [0.05, 0.1) is 11.0 Å². The van der Waals surface area contributed by atoms with Crippen LogP contribution in [0.2, 0.25) is 0 Å². The number of carbonyl (C=O) groups is 2. The van der Waals surface area contributed by atoms with E-state index in [9.17, 15) is 9.59 Å². The number of nitrogens with one attached hydrogen (secondary N) is 1. The first kappa shape index (κ1) is 12.1. The molecule has 0 atom stereocenters. The number of likely N-dealkylation sites (N-methyl/N-ethyl adjacent to an activating group) is 1. The number of aromatic nitrogens is 2. The van der Waals surface area contributed by atoms with Crippen molar-refractivity contribution in [3.05, 3.63) is 29.6 Å². The van der Waals surface area contributed by atoms with Crippen LogP contribution in [-0.2, 0) is 16.1 Å². The number of H-pyrrole nitrogens is 1. The number of aryl methyl sites for hydroxylation is 1. The molecule has 0 saturated carbocycles. The molecule has 94 valence electrons. The second-order valence-corrected chi connectivity index (χ2v) is 4.20. The zero-order chi connectivity index (χ0) is 13.3. The summed E-state index contributed by atoms with van der Waals surface area (Å²) in [6.45, 7) is 2.21. The third kappa shape index (κ3) is 2.32. The minimum absolute atomic E-state index is 0.329. The summed E-state index contributed by atoms with van der Waals surface area (Å²) in [6, 6.07) is 5.64. The Morgan fingerprint density at radius 1 is 1.44 bits per heavy atom. The zero-order valence-electron chi connectivity index (χ0n) is 10.2. The first-order chi connectivity index (χ1) is 8.47. The van der Waals surface area contributed by atoms with Crippen LogP contribution < -0.4 is 5.73 Å². The Bertz CT molecular complexity index is 618. The molecule has 6 nitrogen and oxygen atoms in total. The van der Waals surface area contributed by atoms with Crippen molar-refractivity contribution in [3.8, 4) is 0 Å². The van der Waals surface area contributed by atoms with Gasteiger partial charge in [-0.1, -0.05) is 6.07 Å². The van der Waals surface area contributed by atoms with Crippen molar-refractivity contribution in [3.63, 3.8) is 0 Å². The number of hydrogen-bond acceptors (Lipinski definition) is 3. The average molecular weight is 246 g/mol. The van der Waals surface area contributed by atoms with Gasteiger partial charge in [0.25, 0.3) is 0 Å². The highest BCUT2D eigenvalue weighted by Crippen LogP contribution is 2.14. The minimum Gasteiger partial charge on any atom is -0.361 e. The lowest BCUT2D eigenvalue weighted by molar-refractivity contribution is -0.143. The van der Waals surface area contributed by atoms with Gasteiger partial charge in [-0.3, -0.25) is 9.59 Å². The number of fused-ring (bicyclic) bond motifs is 1. The number of carbonyl (C=O) groups excluding carboxylic acids is 2. The highest BCUT2D eigenvalue weighted by molar-refractivity contribution is 6.34. The molecule has 0 fully saturated rings. The largest absolute Gasteiger partial charge is 0.361 e. The van der Waals surface area contributed by atoms with E-state index >= 15 is 0 Å². The predicted octanol–water partition coefficient (Wildman–Crippen LogP) is 0.315. The number of rotatable bonds is 2. The molecule has 1 aromatic heterocycles. The molecule has 0 aliphatic carbocycles. The van der Waals surface area contributed by atoms with Crippen molar-refractivity contribution in [1.82, 2.24) is 14.9 Å². The molecule has 2 aromatic rings. The molecule has 2 amide bonds. The zero-order valence-corrected chi connectivity index (χ0v) is 10.2. The highest BCUT2D eigenvalue weighted by atomic mass is 16.2. The number of hydrogen-bond donors (Lipinski definition) is 2. The minimum atomic E-state index is -0.948. The van der Waals surface area contributed by atoms with Crippen LogP contribution in [-0.4, -0.2) is 33.7 Å². The van der Waals surface area contributed by atoms with Gasteiger partial charge < -0.3 is 15.6 Å². The fourth-order valence-electron chi connectivity index (χ4n) is 1.82. The smallest absolute Gasteiger partial charge is 0.311 e. The molecule has 1 aromatic carbocycles. The van der Waals surface area contributed by atoms with Crippen LogP contribution in [0.3, 0.4) is 0 Å². The lowest BCUT2D eigenvalue weighted by Crippen LogP contribution is -2.37. The molecule has 0 spiro atoms. The molecular formula is C12H14N4O2. The molecule has 3 N–H and O–H groups in total. The van der Waals surface area contributed by atoms with E-state index in [2.05, 4.69) is 9.97 Å². The molecule has 18 heavy (non-hydrogen) atoms. The number of imidazole rings is 1. The Labute approximate surface area is 104 Å². The maximum atomic E-state index is 11.3. The quantitative estimate of drug-likeness (QED) is 0.747. The number of benzene rings is 1. The van der Waals surface area contributed by atoms with Crippen molar-refractivity contribution in [2.45, 2.75) is 13.5 Å². The summed E-state index contributed by atoms with van der Waals surface area (Å²) in [6.07, 6.45) is 0. The third-order valence-electron chi connectivity index (χ3n) is 2.64. The number of amides is 2. The van der Waals surface area contributed by atoms with E-state index in [0.29, 0.717) is 6.54 Å². The molecule has 0 aliphatic heterocycles. The van der Waals surface area contributed by atoms with Crippen LogP contribution in [0.1, 0.15) is 11.4 Å². The SMILES string of the molecule is Cc1nc2ccc(CN(C)C(=O)C(N)=O)cc2[nH]1. The molecule has 6 heteroatoms. The summed E-state index contributed by atoms with van der Waals surface area (Å²) >= 11 is 0. The maximum absolute atomic E-state index is 11.3. The topological polar surface area (TPSA) is 92.1 Å². The monoisotopic (exact) mass is 246 g/mol. The van der Waals surface area contributed by atoms with Gasteiger partial charge in [-0.2, -0.15) is 0 Å². The summed E-state index contributed by atoms with van der Waals surface area (Å²) in [5.41, 5.74) is 7.63. The number of primary amides is 1. The van der Waals surface area contributed by atoms with E-state index in [1.807, 2.05) is 25.1 Å². The summed E-state index contributed by atoms with van der Waals surface area (Å²) in [5.74, 6) is -0.810. The van der Waals surface area contributed by atoms with E-state index in [0.717, 1.165) is 22.4 Å². The van der Waals surface area contributed by atoms with E-state index in [4.69, 9.17) is 5.73 Å². The van der Waals surface area contributed by atoms with Gasteiger partial charge in [0, 0.05) is 13.6 Å². The Hall–Kier alpha value is -2.37. The lowest BCUT2D eigenvalue weighted by atomic mass is 10.2. The lowest BCUT2D eigenvalue weighted by Gasteiger charge is -2.14. The van der Waals surface area contributed by atoms with Crippen LogP contribution in [0.5, 0.6) is 0 Å². The summed E-state index contributed by atoms with van der Waals surface area (Å²) in [4.78, 5) is 30.8. The van der Waals surface area contributed by atoms with Crippen molar-refractivity contribution in [2.75, 3.05) is 7.05 Å². The van der Waals surface area contributed by atoms with Crippen molar-refractivity contribution >= 4 is 22.8 Å². The highest BCUT2D eigenvalue weighted by Gasteiger charge is 2.15. The van der Waals surface area contributed by atoms with Gasteiger partial charge in [-0.05, 0) is 24.6 Å². The average Bonchev–Trinajstić information content (AvgIpc) is 2.67.